The van der Waals surface area contributed by atoms with Crippen molar-refractivity contribution in [2.24, 2.45) is 4.99 Å². The van der Waals surface area contributed by atoms with Crippen LogP contribution in [0.15, 0.2) is 100 Å². The van der Waals surface area contributed by atoms with E-state index < -0.39 is 47.6 Å². The van der Waals surface area contributed by atoms with E-state index in [0.717, 1.165) is 0 Å². The van der Waals surface area contributed by atoms with Gasteiger partial charge in [0.25, 0.3) is 5.91 Å². The number of carbonyl (C=O) groups excluding carboxylic acids is 1. The Morgan fingerprint density at radius 2 is 1.61 bits per heavy atom. The monoisotopic (exact) mass is 779 g/mol. The summed E-state index contributed by atoms with van der Waals surface area (Å²) >= 11 is 3.53. The first kappa shape index (κ1) is 37.7. The van der Waals surface area contributed by atoms with Crippen LogP contribution in [-0.2, 0) is 34.8 Å². The summed E-state index contributed by atoms with van der Waals surface area (Å²) in [6.07, 6.45) is -10.8. The Bertz CT molecular complexity index is 1840. The minimum atomic E-state index is -5.04. The molecule has 5 rings (SSSR count). The van der Waals surface area contributed by atoms with Crippen molar-refractivity contribution in [2.45, 2.75) is 43.4 Å². The molecule has 1 aliphatic heterocycles. The molecule has 0 aliphatic carbocycles. The van der Waals surface area contributed by atoms with Gasteiger partial charge in [0.1, 0.15) is 11.5 Å². The molecule has 3 N–H and O–H groups in total. The molecule has 1 heterocycles. The number of aliphatic hydroxyl groups excluding tert-OH is 1. The summed E-state index contributed by atoms with van der Waals surface area (Å²) in [5.74, 6) is 0.319. The second kappa shape index (κ2) is 15.7. The van der Waals surface area contributed by atoms with Gasteiger partial charge in [-0.15, -0.1) is 0 Å². The van der Waals surface area contributed by atoms with Crippen LogP contribution in [0, 0.1) is 0 Å². The van der Waals surface area contributed by atoms with E-state index in [2.05, 4.69) is 26.8 Å². The molecule has 1 aliphatic rings. The number of amides is 1. The van der Waals surface area contributed by atoms with Crippen LogP contribution in [0.1, 0.15) is 45.9 Å². The van der Waals surface area contributed by atoms with Crippen LogP contribution in [0.2, 0.25) is 0 Å². The van der Waals surface area contributed by atoms with Crippen molar-refractivity contribution in [1.82, 2.24) is 10.9 Å². The summed E-state index contributed by atoms with van der Waals surface area (Å²) in [4.78, 5) is 19.3. The molecule has 0 aromatic heterocycles. The van der Waals surface area contributed by atoms with Crippen molar-refractivity contribution in [3.63, 3.8) is 0 Å². The minimum Gasteiger partial charge on any atom is -0.497 e. The quantitative estimate of drug-likeness (QED) is 0.0736. The zero-order chi connectivity index (χ0) is 36.8. The van der Waals surface area contributed by atoms with Crippen LogP contribution in [0.5, 0.6) is 11.5 Å². The molecular weight excluding hydrogens is 748 g/mol. The van der Waals surface area contributed by atoms with Crippen LogP contribution < -0.4 is 20.3 Å². The molecule has 2 atom stereocenters. The van der Waals surface area contributed by atoms with Crippen LogP contribution in [-0.4, -0.2) is 42.8 Å². The van der Waals surface area contributed by atoms with Crippen LogP contribution >= 0.6 is 15.9 Å². The van der Waals surface area contributed by atoms with Gasteiger partial charge in [0.2, 0.25) is 5.90 Å². The summed E-state index contributed by atoms with van der Waals surface area (Å²) in [5.41, 5.74) is 1.57. The summed E-state index contributed by atoms with van der Waals surface area (Å²) in [5, 5.41) is 9.05. The highest BCUT2D eigenvalue weighted by Crippen LogP contribution is 2.44. The first-order valence-corrected chi connectivity index (χ1v) is 16.3. The van der Waals surface area contributed by atoms with Crippen molar-refractivity contribution in [1.29, 1.82) is 0 Å². The Morgan fingerprint density at radius 3 is 2.24 bits per heavy atom. The second-order valence-corrected chi connectivity index (χ2v) is 12.4. The number of alkyl halides is 6. The SMILES string of the molecule is COc1cccc([C@@H]2OC(c3ccc(OCCCO)cc3)=N[C@]2(Cc2ccccc2Br)C(=O)NNCc2cc(C(F)(F)F)cc(C(F)(F)F)c2)c1. The van der Waals surface area contributed by atoms with E-state index in [-0.39, 0.29) is 30.6 Å². The summed E-state index contributed by atoms with van der Waals surface area (Å²) < 4.78 is 99.1. The third kappa shape index (κ3) is 9.01. The lowest BCUT2D eigenvalue weighted by Gasteiger charge is -2.31. The van der Waals surface area contributed by atoms with Gasteiger partial charge in [-0.2, -0.15) is 26.3 Å². The van der Waals surface area contributed by atoms with E-state index in [4.69, 9.17) is 24.3 Å². The maximum atomic E-state index is 14.4. The van der Waals surface area contributed by atoms with E-state index >= 15 is 0 Å². The van der Waals surface area contributed by atoms with Crippen molar-refractivity contribution < 1.29 is 50.5 Å². The van der Waals surface area contributed by atoms with Gasteiger partial charge in [-0.25, -0.2) is 10.4 Å². The molecule has 1 amide bonds. The number of carbonyl (C=O) groups is 1. The van der Waals surface area contributed by atoms with Gasteiger partial charge in [-0.05, 0) is 77.4 Å². The number of aliphatic imine (C=N–C) groups is 1. The summed E-state index contributed by atoms with van der Waals surface area (Å²) in [6.45, 7) is -0.312. The van der Waals surface area contributed by atoms with E-state index in [1.165, 1.54) is 7.11 Å². The number of hydrogen-bond acceptors (Lipinski definition) is 7. The van der Waals surface area contributed by atoms with Gasteiger partial charge >= 0.3 is 12.4 Å². The Kier molecular flexibility index (Phi) is 11.6. The number of nitrogens with zero attached hydrogens (tertiary/aromatic N) is 1. The van der Waals surface area contributed by atoms with Crippen LogP contribution in [0.25, 0.3) is 0 Å². The molecule has 0 spiro atoms. The van der Waals surface area contributed by atoms with Crippen molar-refractivity contribution in [3.05, 3.63) is 129 Å². The molecule has 0 radical (unpaired) electrons. The first-order chi connectivity index (χ1) is 24.2. The molecule has 0 fully saturated rings. The summed E-state index contributed by atoms with van der Waals surface area (Å²) in [6, 6.07) is 21.9. The highest BCUT2D eigenvalue weighted by Gasteiger charge is 2.53. The number of methoxy groups -OCH3 is 1. The molecule has 0 bridgehead atoms. The number of halogens is 7. The number of rotatable bonds is 13. The molecule has 270 valence electrons. The molecule has 0 saturated carbocycles. The van der Waals surface area contributed by atoms with E-state index in [1.54, 1.807) is 72.8 Å². The average molecular weight is 781 g/mol. The minimum absolute atomic E-state index is 0.0283. The fourth-order valence-electron chi connectivity index (χ4n) is 5.48. The van der Waals surface area contributed by atoms with Crippen molar-refractivity contribution in [3.8, 4) is 11.5 Å². The maximum absolute atomic E-state index is 14.4. The molecule has 8 nitrogen and oxygen atoms in total. The zero-order valence-corrected chi connectivity index (χ0v) is 28.5. The van der Waals surface area contributed by atoms with Gasteiger partial charge in [-0.1, -0.05) is 46.3 Å². The Morgan fingerprint density at radius 1 is 0.922 bits per heavy atom. The first-order valence-electron chi connectivity index (χ1n) is 15.5. The van der Waals surface area contributed by atoms with Crippen molar-refractivity contribution >= 4 is 27.7 Å². The average Bonchev–Trinajstić information content (AvgIpc) is 3.49. The summed E-state index contributed by atoms with van der Waals surface area (Å²) in [7, 11) is 1.48. The Labute approximate surface area is 297 Å². The number of hydrazine groups is 1. The van der Waals surface area contributed by atoms with Crippen LogP contribution in [0.4, 0.5) is 26.3 Å². The predicted molar refractivity (Wildman–Crippen MR) is 179 cm³/mol. The molecule has 51 heavy (non-hydrogen) atoms. The van der Waals surface area contributed by atoms with Gasteiger partial charge in [0.05, 0.1) is 24.8 Å². The van der Waals surface area contributed by atoms with Gasteiger partial charge in [0.15, 0.2) is 11.6 Å². The number of ether oxygens (including phenoxy) is 3. The van der Waals surface area contributed by atoms with Gasteiger partial charge < -0.3 is 19.3 Å². The van der Waals surface area contributed by atoms with E-state index in [9.17, 15) is 31.1 Å². The lowest BCUT2D eigenvalue weighted by molar-refractivity contribution is -0.143. The van der Waals surface area contributed by atoms with Crippen LogP contribution in [0.3, 0.4) is 0 Å². The van der Waals surface area contributed by atoms with Gasteiger partial charge in [0, 0.05) is 36.0 Å². The largest absolute Gasteiger partial charge is 0.497 e. The number of hydrogen-bond donors (Lipinski definition) is 3. The third-order valence-corrected chi connectivity index (χ3v) is 8.76. The van der Waals surface area contributed by atoms with E-state index in [0.29, 0.717) is 57.8 Å². The molecule has 0 saturated heterocycles. The fraction of sp³-hybridized carbons (Fsp3) is 0.278. The smallest absolute Gasteiger partial charge is 0.416 e. The number of benzene rings is 4. The van der Waals surface area contributed by atoms with Crippen molar-refractivity contribution in [2.75, 3.05) is 20.3 Å². The molecular formula is C36H32BrF6N3O5. The van der Waals surface area contributed by atoms with E-state index in [1.807, 2.05) is 0 Å². The molecule has 0 unspecified atom stereocenters. The Hall–Kier alpha value is -4.60. The topological polar surface area (TPSA) is 101 Å². The lowest BCUT2D eigenvalue weighted by atomic mass is 9.82. The fourth-order valence-corrected chi connectivity index (χ4v) is 5.90. The maximum Gasteiger partial charge on any atom is 0.416 e. The molecule has 4 aromatic carbocycles. The van der Waals surface area contributed by atoms with Gasteiger partial charge in [-0.3, -0.25) is 10.2 Å². The highest BCUT2D eigenvalue weighted by molar-refractivity contribution is 9.10. The number of nitrogens with one attached hydrogen (secondary N) is 2. The third-order valence-electron chi connectivity index (χ3n) is 7.99. The Balaban J connectivity index is 1.54. The number of aliphatic hydroxyl groups is 1. The molecule has 4 aromatic rings. The highest BCUT2D eigenvalue weighted by atomic mass is 79.9. The molecule has 15 heteroatoms. The standard InChI is InChI=1S/C36H32BrF6N3O5/c1-49-29-8-4-7-24(18-29)31-34(20-25-6-2-3-9-30(25)37,45-32(51-31)23-10-12-28(13-11-23)50-15-5-14-47)33(48)46-44-21-22-16-26(35(38,39)40)19-27(17-22)36(41,42)43/h2-4,6-13,16-19,31,44,47H,5,14-15,20-21H2,1H3,(H,46,48)/t31-,34-/m0/s1. The normalized spacial score (nSPS) is 17.4. The second-order valence-electron chi connectivity index (χ2n) is 11.6. The predicted octanol–water partition coefficient (Wildman–Crippen LogP) is 7.58. The lowest BCUT2D eigenvalue weighted by Crippen LogP contribution is -2.53. The zero-order valence-electron chi connectivity index (χ0n) is 26.9.